The van der Waals surface area contributed by atoms with E-state index in [1.807, 2.05) is 0 Å². The fourth-order valence-electron chi connectivity index (χ4n) is 2.12. The van der Waals surface area contributed by atoms with Gasteiger partial charge in [-0.1, -0.05) is 0 Å². The largest absolute Gasteiger partial charge is 0.478 e. The maximum atomic E-state index is 11.2. The number of nitrogens with two attached hydrogens (primary N) is 2. The smallest absolute Gasteiger partial charge is 0.337 e. The summed E-state index contributed by atoms with van der Waals surface area (Å²) in [6, 6.07) is 2.44. The van der Waals surface area contributed by atoms with Crippen molar-refractivity contribution in [3.8, 4) is 0 Å². The molecule has 6 heteroatoms. The molecular formula is C11H13N3O3. The summed E-state index contributed by atoms with van der Waals surface area (Å²) in [7, 11) is 0. The summed E-state index contributed by atoms with van der Waals surface area (Å²) < 4.78 is 0. The van der Waals surface area contributed by atoms with Gasteiger partial charge in [-0.3, -0.25) is 4.90 Å². The average molecular weight is 235 g/mol. The summed E-state index contributed by atoms with van der Waals surface area (Å²) in [6.45, 7) is 0.536. The molecule has 0 saturated heterocycles. The molecule has 17 heavy (non-hydrogen) atoms. The molecular weight excluding hydrogens is 222 g/mol. The van der Waals surface area contributed by atoms with Crippen LogP contribution in [0.25, 0.3) is 0 Å². The molecule has 1 aromatic rings. The summed E-state index contributed by atoms with van der Waals surface area (Å²) in [5.41, 5.74) is 12.7. The van der Waals surface area contributed by atoms with Crippen molar-refractivity contribution in [3.63, 3.8) is 0 Å². The van der Waals surface area contributed by atoms with Crippen molar-refractivity contribution < 1.29 is 14.7 Å². The maximum Gasteiger partial charge on any atom is 0.337 e. The number of hydrogen-bond acceptors (Lipinski definition) is 3. The highest BCUT2D eigenvalue weighted by Crippen LogP contribution is 2.33. The van der Waals surface area contributed by atoms with Crippen LogP contribution in [0.1, 0.15) is 22.3 Å². The lowest BCUT2D eigenvalue weighted by Gasteiger charge is -2.29. The maximum absolute atomic E-state index is 11.2. The topological polar surface area (TPSA) is 110 Å². The van der Waals surface area contributed by atoms with Crippen molar-refractivity contribution >= 4 is 23.4 Å². The molecule has 0 unspecified atom stereocenters. The minimum atomic E-state index is -1.07. The van der Waals surface area contributed by atoms with Gasteiger partial charge in [-0.2, -0.15) is 0 Å². The van der Waals surface area contributed by atoms with E-state index in [1.54, 1.807) is 6.07 Å². The Morgan fingerprint density at radius 2 is 2.06 bits per heavy atom. The first kappa shape index (κ1) is 11.3. The Hall–Kier alpha value is -2.24. The van der Waals surface area contributed by atoms with Gasteiger partial charge < -0.3 is 16.6 Å². The number of urea groups is 1. The first-order valence-corrected chi connectivity index (χ1v) is 5.24. The number of carbonyl (C=O) groups excluding carboxylic acids is 1. The predicted octanol–water partition coefficient (Wildman–Crippen LogP) is 0.798. The van der Waals surface area contributed by atoms with E-state index in [9.17, 15) is 9.59 Å². The Morgan fingerprint density at radius 3 is 2.65 bits per heavy atom. The Labute approximate surface area is 97.8 Å². The SMILES string of the molecule is NC(=O)N1CCCc2c1ccc(C(=O)O)c2N. The zero-order chi connectivity index (χ0) is 12.6. The summed E-state index contributed by atoms with van der Waals surface area (Å²) in [5.74, 6) is -1.07. The molecule has 0 saturated carbocycles. The van der Waals surface area contributed by atoms with Crippen molar-refractivity contribution in [2.45, 2.75) is 12.8 Å². The summed E-state index contributed by atoms with van der Waals surface area (Å²) in [5, 5.41) is 8.96. The highest BCUT2D eigenvalue weighted by Gasteiger charge is 2.24. The minimum absolute atomic E-state index is 0.0649. The third-order valence-corrected chi connectivity index (χ3v) is 2.93. The number of aromatic carboxylic acids is 1. The van der Waals surface area contributed by atoms with Gasteiger partial charge >= 0.3 is 12.0 Å². The lowest BCUT2D eigenvalue weighted by molar-refractivity contribution is 0.0698. The number of nitrogens with zero attached hydrogens (tertiary/aromatic N) is 1. The number of carbonyl (C=O) groups is 2. The van der Waals surface area contributed by atoms with E-state index in [-0.39, 0.29) is 11.3 Å². The lowest BCUT2D eigenvalue weighted by atomic mass is 9.97. The van der Waals surface area contributed by atoms with Crippen molar-refractivity contribution in [2.24, 2.45) is 5.73 Å². The van der Waals surface area contributed by atoms with Crippen molar-refractivity contribution in [3.05, 3.63) is 23.3 Å². The zero-order valence-electron chi connectivity index (χ0n) is 9.14. The quantitative estimate of drug-likeness (QED) is 0.625. The number of amides is 2. The molecule has 0 spiro atoms. The van der Waals surface area contributed by atoms with Crippen LogP contribution in [0.3, 0.4) is 0 Å². The number of nitrogen functional groups attached to an aromatic ring is 1. The van der Waals surface area contributed by atoms with E-state index in [1.165, 1.54) is 11.0 Å². The van der Waals surface area contributed by atoms with Gasteiger partial charge in [0, 0.05) is 6.54 Å². The Balaban J connectivity index is 2.56. The van der Waals surface area contributed by atoms with E-state index in [4.69, 9.17) is 16.6 Å². The number of carboxylic acids is 1. The van der Waals surface area contributed by atoms with Crippen LogP contribution in [0.15, 0.2) is 12.1 Å². The summed E-state index contributed by atoms with van der Waals surface area (Å²) in [4.78, 5) is 23.6. The molecule has 0 bridgehead atoms. The monoisotopic (exact) mass is 235 g/mol. The molecule has 0 aliphatic carbocycles. The minimum Gasteiger partial charge on any atom is -0.478 e. The second-order valence-corrected chi connectivity index (χ2v) is 3.92. The predicted molar refractivity (Wildman–Crippen MR) is 63.1 cm³/mol. The highest BCUT2D eigenvalue weighted by molar-refractivity contribution is 5.99. The van der Waals surface area contributed by atoms with Crippen LogP contribution in [0, 0.1) is 0 Å². The van der Waals surface area contributed by atoms with Gasteiger partial charge in [0.1, 0.15) is 0 Å². The molecule has 0 fully saturated rings. The number of anilines is 2. The van der Waals surface area contributed by atoms with Gasteiger partial charge in [0.05, 0.1) is 16.9 Å². The van der Waals surface area contributed by atoms with Crippen molar-refractivity contribution in [2.75, 3.05) is 17.2 Å². The second-order valence-electron chi connectivity index (χ2n) is 3.92. The molecule has 0 aromatic heterocycles. The van der Waals surface area contributed by atoms with Crippen molar-refractivity contribution in [1.29, 1.82) is 0 Å². The van der Waals surface area contributed by atoms with E-state index in [0.717, 1.165) is 6.42 Å². The number of hydrogen-bond donors (Lipinski definition) is 3. The molecule has 0 radical (unpaired) electrons. The van der Waals surface area contributed by atoms with E-state index >= 15 is 0 Å². The normalized spacial score (nSPS) is 14.2. The van der Waals surface area contributed by atoms with Crippen LogP contribution in [0.5, 0.6) is 0 Å². The van der Waals surface area contributed by atoms with E-state index < -0.39 is 12.0 Å². The van der Waals surface area contributed by atoms with Crippen LogP contribution in [-0.4, -0.2) is 23.7 Å². The van der Waals surface area contributed by atoms with Crippen LogP contribution in [0.4, 0.5) is 16.2 Å². The molecule has 1 aliphatic heterocycles. The van der Waals surface area contributed by atoms with E-state index in [0.29, 0.717) is 24.2 Å². The third-order valence-electron chi connectivity index (χ3n) is 2.93. The van der Waals surface area contributed by atoms with Gasteiger partial charge in [0.25, 0.3) is 0 Å². The molecule has 2 rings (SSSR count). The fraction of sp³-hybridized carbons (Fsp3) is 0.273. The number of carboxylic acid groups (broad SMARTS) is 1. The molecule has 1 aliphatic rings. The van der Waals surface area contributed by atoms with Crippen LogP contribution < -0.4 is 16.4 Å². The zero-order valence-corrected chi connectivity index (χ0v) is 9.14. The summed E-state index contributed by atoms with van der Waals surface area (Å²) >= 11 is 0. The van der Waals surface area contributed by atoms with Crippen molar-refractivity contribution in [1.82, 2.24) is 0 Å². The Morgan fingerprint density at radius 1 is 1.35 bits per heavy atom. The molecule has 0 atom stereocenters. The van der Waals surface area contributed by atoms with Gasteiger partial charge in [0.2, 0.25) is 0 Å². The van der Waals surface area contributed by atoms with Crippen LogP contribution in [-0.2, 0) is 6.42 Å². The molecule has 1 heterocycles. The lowest BCUT2D eigenvalue weighted by Crippen LogP contribution is -2.39. The summed E-state index contributed by atoms with van der Waals surface area (Å²) in [6.07, 6.45) is 1.38. The van der Waals surface area contributed by atoms with Crippen LogP contribution in [0.2, 0.25) is 0 Å². The molecule has 6 nitrogen and oxygen atoms in total. The van der Waals surface area contributed by atoms with Crippen LogP contribution >= 0.6 is 0 Å². The first-order chi connectivity index (χ1) is 8.02. The number of benzene rings is 1. The van der Waals surface area contributed by atoms with Gasteiger partial charge in [-0.05, 0) is 30.5 Å². The molecule has 2 amide bonds. The first-order valence-electron chi connectivity index (χ1n) is 5.24. The van der Waals surface area contributed by atoms with Gasteiger partial charge in [0.15, 0.2) is 0 Å². The molecule has 5 N–H and O–H groups in total. The second kappa shape index (κ2) is 3.97. The fourth-order valence-corrected chi connectivity index (χ4v) is 2.12. The van der Waals surface area contributed by atoms with Gasteiger partial charge in [-0.15, -0.1) is 0 Å². The standard InChI is InChI=1S/C11H13N3O3/c12-9-6-2-1-5-14(11(13)17)8(6)4-3-7(9)10(15)16/h3-4H,1-2,5,12H2,(H2,13,17)(H,15,16). The number of rotatable bonds is 1. The van der Waals surface area contributed by atoms with Gasteiger partial charge in [-0.25, -0.2) is 9.59 Å². The third kappa shape index (κ3) is 1.77. The average Bonchev–Trinajstić information content (AvgIpc) is 2.28. The highest BCUT2D eigenvalue weighted by atomic mass is 16.4. The Bertz CT molecular complexity index is 499. The number of fused-ring (bicyclic) bond motifs is 1. The number of primary amides is 1. The Kier molecular flexibility index (Phi) is 2.63. The molecule has 1 aromatic carbocycles. The van der Waals surface area contributed by atoms with E-state index in [2.05, 4.69) is 0 Å². The molecule has 90 valence electrons.